The van der Waals surface area contributed by atoms with Crippen LogP contribution in [0.25, 0.3) is 0 Å². The van der Waals surface area contributed by atoms with Crippen LogP contribution in [0.15, 0.2) is 60.7 Å². The van der Waals surface area contributed by atoms with Crippen molar-refractivity contribution in [3.8, 4) is 17.2 Å². The number of phenols is 1. The number of aryl methyl sites for hydroxylation is 1. The summed E-state index contributed by atoms with van der Waals surface area (Å²) in [6.45, 7) is 8.24. The number of hydrogen-bond donors (Lipinski definition) is 1. The monoisotopic (exact) mass is 514 g/mol. The first-order valence-corrected chi connectivity index (χ1v) is 14.3. The Morgan fingerprint density at radius 2 is 1.74 bits per heavy atom. The van der Waals surface area contributed by atoms with Crippen LogP contribution >= 0.6 is 0 Å². The first-order chi connectivity index (χ1) is 18.6. The predicted molar refractivity (Wildman–Crippen MR) is 155 cm³/mol. The first kappa shape index (κ1) is 26.4. The maximum Gasteiger partial charge on any atom is 0.120 e. The molecule has 0 bridgehead atoms. The highest BCUT2D eigenvalue weighted by Gasteiger charge is 2.25. The Balaban J connectivity index is 1.31. The molecule has 0 radical (unpaired) electrons. The molecule has 0 saturated carbocycles. The Bertz CT molecular complexity index is 1190. The minimum Gasteiger partial charge on any atom is -0.508 e. The number of methoxy groups -OCH3 is 1. The van der Waals surface area contributed by atoms with E-state index in [-0.39, 0.29) is 0 Å². The Kier molecular flexibility index (Phi) is 8.75. The second-order valence-corrected chi connectivity index (χ2v) is 10.8. The van der Waals surface area contributed by atoms with Crippen molar-refractivity contribution in [1.82, 2.24) is 4.90 Å². The summed E-state index contributed by atoms with van der Waals surface area (Å²) in [5.74, 6) is 2.65. The minimum absolute atomic E-state index is 0.365. The summed E-state index contributed by atoms with van der Waals surface area (Å²) in [5.41, 5.74) is 6.57. The van der Waals surface area contributed by atoms with E-state index in [4.69, 9.17) is 9.47 Å². The van der Waals surface area contributed by atoms with Gasteiger partial charge in [-0.15, -0.1) is 0 Å². The van der Waals surface area contributed by atoms with Crippen LogP contribution in [0.2, 0.25) is 0 Å². The Labute approximate surface area is 228 Å². The fourth-order valence-electron chi connectivity index (χ4n) is 6.04. The lowest BCUT2D eigenvalue weighted by atomic mass is 9.79. The minimum atomic E-state index is 0.365. The van der Waals surface area contributed by atoms with Gasteiger partial charge in [-0.25, -0.2) is 0 Å². The number of aromatic hydroxyl groups is 1. The van der Waals surface area contributed by atoms with Gasteiger partial charge in [0.05, 0.1) is 7.11 Å². The van der Waals surface area contributed by atoms with Gasteiger partial charge in [0, 0.05) is 31.4 Å². The normalized spacial score (nSPS) is 17.3. The lowest BCUT2D eigenvalue weighted by Crippen LogP contribution is -2.26. The van der Waals surface area contributed by atoms with Crippen LogP contribution in [0.1, 0.15) is 60.8 Å². The quantitative estimate of drug-likeness (QED) is 0.314. The van der Waals surface area contributed by atoms with Crippen molar-refractivity contribution in [3.05, 3.63) is 82.9 Å². The lowest BCUT2D eigenvalue weighted by molar-refractivity contribution is 0.238. The molecular weight excluding hydrogens is 472 g/mol. The van der Waals surface area contributed by atoms with Crippen LogP contribution < -0.4 is 14.4 Å². The number of benzene rings is 3. The van der Waals surface area contributed by atoms with E-state index < -0.39 is 0 Å². The molecule has 1 aliphatic heterocycles. The maximum atomic E-state index is 9.92. The molecule has 5 nitrogen and oxygen atoms in total. The fourth-order valence-corrected chi connectivity index (χ4v) is 6.04. The van der Waals surface area contributed by atoms with Gasteiger partial charge >= 0.3 is 0 Å². The highest BCUT2D eigenvalue weighted by atomic mass is 16.5. The molecule has 1 atom stereocenters. The molecule has 3 aromatic rings. The van der Waals surface area contributed by atoms with E-state index >= 15 is 0 Å². The van der Waals surface area contributed by atoms with Crippen LogP contribution in [-0.4, -0.2) is 49.9 Å². The number of hydrogen-bond acceptors (Lipinski definition) is 5. The van der Waals surface area contributed by atoms with Crippen LogP contribution in [0, 0.1) is 0 Å². The molecule has 1 aliphatic carbocycles. The molecule has 202 valence electrons. The molecule has 1 unspecified atom stereocenters. The Morgan fingerprint density at radius 3 is 2.50 bits per heavy atom. The topological polar surface area (TPSA) is 45.2 Å². The van der Waals surface area contributed by atoms with Crippen LogP contribution in [0.4, 0.5) is 5.69 Å². The van der Waals surface area contributed by atoms with E-state index in [1.165, 1.54) is 53.9 Å². The largest absolute Gasteiger partial charge is 0.508 e. The molecule has 1 N–H and O–H groups in total. The summed E-state index contributed by atoms with van der Waals surface area (Å²) in [5, 5.41) is 9.92. The van der Waals surface area contributed by atoms with Crippen molar-refractivity contribution < 1.29 is 14.6 Å². The standard InChI is InChI=1S/C33H42N2O3/c1-3-16-35(24-25-6-12-30(13-7-25)38-20-19-34-17-4-5-18-34)33-23-31(37-2)14-15-32(33)28-9-8-27-22-29(36)11-10-26(27)21-28/h6-7,10-15,22-23,28,36H,3-5,8-9,16-21,24H2,1-2H3. The van der Waals surface area contributed by atoms with Crippen molar-refractivity contribution in [2.24, 2.45) is 0 Å². The highest BCUT2D eigenvalue weighted by molar-refractivity contribution is 5.60. The molecule has 0 spiro atoms. The molecule has 0 amide bonds. The second kappa shape index (κ2) is 12.6. The highest BCUT2D eigenvalue weighted by Crippen LogP contribution is 2.40. The molecule has 5 rings (SSSR count). The van der Waals surface area contributed by atoms with E-state index in [0.29, 0.717) is 11.7 Å². The lowest BCUT2D eigenvalue weighted by Gasteiger charge is -2.32. The smallest absolute Gasteiger partial charge is 0.120 e. The zero-order valence-electron chi connectivity index (χ0n) is 23.0. The third-order valence-corrected chi connectivity index (χ3v) is 8.10. The number of rotatable bonds is 11. The third-order valence-electron chi connectivity index (χ3n) is 8.10. The van der Waals surface area contributed by atoms with Crippen molar-refractivity contribution in [2.75, 3.05) is 44.8 Å². The summed E-state index contributed by atoms with van der Waals surface area (Å²) in [6.07, 6.45) is 6.78. The number of anilines is 1. The van der Waals surface area contributed by atoms with Crippen LogP contribution in [0.5, 0.6) is 17.2 Å². The molecule has 1 fully saturated rings. The van der Waals surface area contributed by atoms with E-state index in [9.17, 15) is 5.11 Å². The number of phenolic OH excluding ortho intramolecular Hbond substituents is 1. The fraction of sp³-hybridized carbons (Fsp3) is 0.455. The third kappa shape index (κ3) is 6.44. The molecule has 1 saturated heterocycles. The number of fused-ring (bicyclic) bond motifs is 1. The molecule has 3 aromatic carbocycles. The van der Waals surface area contributed by atoms with E-state index in [0.717, 1.165) is 63.4 Å². The molecule has 1 heterocycles. The number of nitrogens with zero attached hydrogens (tertiary/aromatic N) is 2. The van der Waals surface area contributed by atoms with Crippen molar-refractivity contribution in [1.29, 1.82) is 0 Å². The summed E-state index contributed by atoms with van der Waals surface area (Å²) in [6, 6.07) is 21.1. The molecule has 0 aromatic heterocycles. The summed E-state index contributed by atoms with van der Waals surface area (Å²) < 4.78 is 11.7. The molecular formula is C33H42N2O3. The van der Waals surface area contributed by atoms with Gasteiger partial charge in [-0.1, -0.05) is 31.2 Å². The summed E-state index contributed by atoms with van der Waals surface area (Å²) in [4.78, 5) is 4.99. The predicted octanol–water partition coefficient (Wildman–Crippen LogP) is 6.56. The average Bonchev–Trinajstić information content (AvgIpc) is 3.47. The number of likely N-dealkylation sites (tertiary alicyclic amines) is 1. The Hall–Kier alpha value is -3.18. The zero-order chi connectivity index (χ0) is 26.3. The van der Waals surface area contributed by atoms with Gasteiger partial charge in [0.15, 0.2) is 0 Å². The SMILES string of the molecule is CCCN(Cc1ccc(OCCN2CCCC2)cc1)c1cc(OC)ccc1C1CCc2cc(O)ccc2C1. The van der Waals surface area contributed by atoms with Crippen LogP contribution in [-0.2, 0) is 19.4 Å². The van der Waals surface area contributed by atoms with Gasteiger partial charge in [-0.05, 0) is 110 Å². The Morgan fingerprint density at radius 1 is 0.947 bits per heavy atom. The van der Waals surface area contributed by atoms with Crippen LogP contribution in [0.3, 0.4) is 0 Å². The van der Waals surface area contributed by atoms with Crippen molar-refractivity contribution in [2.45, 2.75) is 57.9 Å². The van der Waals surface area contributed by atoms with Gasteiger partial charge in [-0.3, -0.25) is 4.90 Å². The van der Waals surface area contributed by atoms with Crippen molar-refractivity contribution >= 4 is 5.69 Å². The average molecular weight is 515 g/mol. The van der Waals surface area contributed by atoms with Gasteiger partial charge in [0.25, 0.3) is 0 Å². The maximum absolute atomic E-state index is 9.92. The number of ether oxygens (including phenoxy) is 2. The molecule has 38 heavy (non-hydrogen) atoms. The van der Waals surface area contributed by atoms with E-state index in [1.807, 2.05) is 12.1 Å². The van der Waals surface area contributed by atoms with Gasteiger partial charge in [-0.2, -0.15) is 0 Å². The van der Waals surface area contributed by atoms with Crippen molar-refractivity contribution in [3.63, 3.8) is 0 Å². The van der Waals surface area contributed by atoms with E-state index in [2.05, 4.69) is 65.3 Å². The second-order valence-electron chi connectivity index (χ2n) is 10.8. The van der Waals surface area contributed by atoms with Gasteiger partial charge < -0.3 is 19.5 Å². The van der Waals surface area contributed by atoms with Gasteiger partial charge in [0.1, 0.15) is 23.9 Å². The van der Waals surface area contributed by atoms with E-state index in [1.54, 1.807) is 7.11 Å². The first-order valence-electron chi connectivity index (χ1n) is 14.3. The molecule has 2 aliphatic rings. The summed E-state index contributed by atoms with van der Waals surface area (Å²) in [7, 11) is 1.74. The zero-order valence-corrected chi connectivity index (χ0v) is 23.0. The summed E-state index contributed by atoms with van der Waals surface area (Å²) >= 11 is 0. The molecule has 5 heteroatoms. The van der Waals surface area contributed by atoms with Gasteiger partial charge in [0.2, 0.25) is 0 Å².